The molecule has 1 aliphatic heterocycles. The Labute approximate surface area is 89.6 Å². The molecule has 2 heterocycles. The van der Waals surface area contributed by atoms with Crippen LogP contribution in [0.3, 0.4) is 0 Å². The molecule has 3 heteroatoms. The lowest BCUT2D eigenvalue weighted by atomic mass is 9.83. The van der Waals surface area contributed by atoms with Gasteiger partial charge in [-0.15, -0.1) is 0 Å². The Morgan fingerprint density at radius 1 is 1.67 bits per heavy atom. The summed E-state index contributed by atoms with van der Waals surface area (Å²) in [5.41, 5.74) is 2.34. The van der Waals surface area contributed by atoms with E-state index in [1.54, 1.807) is 0 Å². The molecule has 1 aromatic heterocycles. The minimum absolute atomic E-state index is 0.0523. The molecule has 80 valence electrons. The fourth-order valence-electron chi connectivity index (χ4n) is 2.08. The van der Waals surface area contributed by atoms with E-state index in [2.05, 4.69) is 23.8 Å². The van der Waals surface area contributed by atoms with Crippen molar-refractivity contribution in [1.82, 2.24) is 4.98 Å². The molecule has 1 N–H and O–H groups in total. The minimum atomic E-state index is -0.134. The second kappa shape index (κ2) is 3.65. The van der Waals surface area contributed by atoms with Crippen LogP contribution in [0.1, 0.15) is 26.0 Å². The van der Waals surface area contributed by atoms with Gasteiger partial charge >= 0.3 is 0 Å². The van der Waals surface area contributed by atoms with Gasteiger partial charge < -0.3 is 9.78 Å². The lowest BCUT2D eigenvalue weighted by molar-refractivity contribution is -0.109. The third-order valence-electron chi connectivity index (χ3n) is 3.00. The number of aliphatic imine (C=N–C) groups is 1. The van der Waals surface area contributed by atoms with Gasteiger partial charge in [-0.1, -0.05) is 13.8 Å². The maximum absolute atomic E-state index is 10.7. The fourth-order valence-corrected chi connectivity index (χ4v) is 2.08. The first-order valence-corrected chi connectivity index (χ1v) is 5.26. The fraction of sp³-hybridized carbons (Fsp3) is 0.500. The van der Waals surface area contributed by atoms with Crippen LogP contribution in [0.4, 0.5) is 0 Å². The van der Waals surface area contributed by atoms with Gasteiger partial charge in [0.2, 0.25) is 0 Å². The number of hydrogen-bond acceptors (Lipinski definition) is 2. The molecule has 1 aliphatic rings. The number of H-pyrrole nitrogens is 1. The average molecular weight is 204 g/mol. The first-order valence-electron chi connectivity index (χ1n) is 5.26. The zero-order chi connectivity index (χ0) is 10.9. The summed E-state index contributed by atoms with van der Waals surface area (Å²) in [5.74, 6) is 0. The first-order chi connectivity index (χ1) is 7.12. The maximum Gasteiger partial charge on any atom is 0.144 e. The van der Waals surface area contributed by atoms with Crippen molar-refractivity contribution in [1.29, 1.82) is 0 Å². The van der Waals surface area contributed by atoms with Crippen molar-refractivity contribution >= 4 is 12.0 Å². The number of aromatic nitrogens is 1. The van der Waals surface area contributed by atoms with Crippen molar-refractivity contribution in [3.05, 3.63) is 24.0 Å². The van der Waals surface area contributed by atoms with Crippen LogP contribution in [0, 0.1) is 5.41 Å². The Morgan fingerprint density at radius 2 is 2.47 bits per heavy atom. The molecule has 0 saturated carbocycles. The summed E-state index contributed by atoms with van der Waals surface area (Å²) in [6.45, 7) is 4.30. The summed E-state index contributed by atoms with van der Waals surface area (Å²) in [6.07, 6.45) is 4.52. The maximum atomic E-state index is 10.7. The molecular formula is C12H16N2O. The van der Waals surface area contributed by atoms with Crippen LogP contribution >= 0.6 is 0 Å². The summed E-state index contributed by atoms with van der Waals surface area (Å²) in [5, 5.41) is 0. The van der Waals surface area contributed by atoms with Crippen LogP contribution in [-0.2, 0) is 11.2 Å². The molecule has 3 nitrogen and oxygen atoms in total. The number of hydrogen-bond donors (Lipinski definition) is 1. The van der Waals surface area contributed by atoms with Crippen LogP contribution in [0.5, 0.6) is 0 Å². The summed E-state index contributed by atoms with van der Waals surface area (Å²) >= 11 is 0. The number of rotatable bonds is 3. The molecule has 0 radical (unpaired) electrons. The summed E-state index contributed by atoms with van der Waals surface area (Å²) in [6, 6.07) is 3.90. The van der Waals surface area contributed by atoms with E-state index in [4.69, 9.17) is 0 Å². The lowest BCUT2D eigenvalue weighted by Gasteiger charge is -2.19. The van der Waals surface area contributed by atoms with E-state index >= 15 is 0 Å². The SMILES string of the molecule is CC1(C)CC(C=O)N=C1Cc1ccc[nH]1. The van der Waals surface area contributed by atoms with Gasteiger partial charge in [-0.05, 0) is 18.6 Å². The topological polar surface area (TPSA) is 45.2 Å². The van der Waals surface area contributed by atoms with Gasteiger partial charge in [-0.2, -0.15) is 0 Å². The Morgan fingerprint density at radius 3 is 3.00 bits per heavy atom. The van der Waals surface area contributed by atoms with Gasteiger partial charge in [0, 0.05) is 29.4 Å². The monoisotopic (exact) mass is 204 g/mol. The molecule has 0 spiro atoms. The molecule has 15 heavy (non-hydrogen) atoms. The van der Waals surface area contributed by atoms with Gasteiger partial charge in [-0.3, -0.25) is 4.99 Å². The van der Waals surface area contributed by atoms with Gasteiger partial charge in [0.15, 0.2) is 0 Å². The third-order valence-corrected chi connectivity index (χ3v) is 3.00. The van der Waals surface area contributed by atoms with Crippen molar-refractivity contribution in [2.45, 2.75) is 32.7 Å². The third kappa shape index (κ3) is 2.01. The summed E-state index contributed by atoms with van der Waals surface area (Å²) < 4.78 is 0. The van der Waals surface area contributed by atoms with Crippen molar-refractivity contribution in [2.75, 3.05) is 0 Å². The average Bonchev–Trinajstić information content (AvgIpc) is 2.76. The number of nitrogens with zero attached hydrogens (tertiary/aromatic N) is 1. The predicted molar refractivity (Wildman–Crippen MR) is 60.2 cm³/mol. The molecule has 0 amide bonds. The van der Waals surface area contributed by atoms with Gasteiger partial charge in [-0.25, -0.2) is 0 Å². The van der Waals surface area contributed by atoms with Crippen LogP contribution in [0.15, 0.2) is 23.3 Å². The number of carbonyl (C=O) groups excluding carboxylic acids is 1. The molecular weight excluding hydrogens is 188 g/mol. The molecule has 1 atom stereocenters. The largest absolute Gasteiger partial charge is 0.365 e. The summed E-state index contributed by atoms with van der Waals surface area (Å²) in [7, 11) is 0. The molecule has 0 fully saturated rings. The van der Waals surface area contributed by atoms with E-state index in [-0.39, 0.29) is 11.5 Å². The van der Waals surface area contributed by atoms with E-state index < -0.39 is 0 Å². The normalized spacial score (nSPS) is 23.9. The number of carbonyl (C=O) groups is 1. The highest BCUT2D eigenvalue weighted by atomic mass is 16.1. The van der Waals surface area contributed by atoms with Gasteiger partial charge in [0.25, 0.3) is 0 Å². The van der Waals surface area contributed by atoms with E-state index in [9.17, 15) is 4.79 Å². The molecule has 2 rings (SSSR count). The van der Waals surface area contributed by atoms with Crippen LogP contribution in [0.2, 0.25) is 0 Å². The van der Waals surface area contributed by atoms with Crippen molar-refractivity contribution in [2.24, 2.45) is 10.4 Å². The van der Waals surface area contributed by atoms with Crippen LogP contribution in [-0.4, -0.2) is 23.0 Å². The second-order valence-electron chi connectivity index (χ2n) is 4.74. The number of aldehydes is 1. The Kier molecular flexibility index (Phi) is 2.47. The minimum Gasteiger partial charge on any atom is -0.365 e. The lowest BCUT2D eigenvalue weighted by Crippen LogP contribution is -2.22. The highest BCUT2D eigenvalue weighted by molar-refractivity contribution is 5.94. The van der Waals surface area contributed by atoms with Crippen LogP contribution in [0.25, 0.3) is 0 Å². The Bertz CT molecular complexity index is 376. The van der Waals surface area contributed by atoms with E-state index in [0.717, 1.165) is 30.5 Å². The van der Waals surface area contributed by atoms with E-state index in [1.165, 1.54) is 0 Å². The van der Waals surface area contributed by atoms with Crippen molar-refractivity contribution < 1.29 is 4.79 Å². The predicted octanol–water partition coefficient (Wildman–Crippen LogP) is 2.00. The first kappa shape index (κ1) is 10.1. The second-order valence-corrected chi connectivity index (χ2v) is 4.74. The van der Waals surface area contributed by atoms with Crippen molar-refractivity contribution in [3.8, 4) is 0 Å². The van der Waals surface area contributed by atoms with Gasteiger partial charge in [0.05, 0.1) is 0 Å². The number of aromatic amines is 1. The molecule has 0 saturated heterocycles. The number of nitrogens with one attached hydrogen (secondary N) is 1. The highest BCUT2D eigenvalue weighted by Crippen LogP contribution is 2.33. The molecule has 0 bridgehead atoms. The quantitative estimate of drug-likeness (QED) is 0.752. The summed E-state index contributed by atoms with van der Waals surface area (Å²) in [4.78, 5) is 18.4. The van der Waals surface area contributed by atoms with E-state index in [0.29, 0.717) is 0 Å². The smallest absolute Gasteiger partial charge is 0.144 e. The standard InChI is InChI=1S/C12H16N2O/c1-12(2)7-10(8-15)14-11(12)6-9-4-3-5-13-9/h3-5,8,10,13H,6-7H2,1-2H3. The molecule has 1 aromatic rings. The van der Waals surface area contributed by atoms with E-state index in [1.807, 2.05) is 18.3 Å². The molecule has 0 aromatic carbocycles. The zero-order valence-electron chi connectivity index (χ0n) is 9.16. The highest BCUT2D eigenvalue weighted by Gasteiger charge is 2.34. The van der Waals surface area contributed by atoms with Crippen molar-refractivity contribution in [3.63, 3.8) is 0 Å². The Balaban J connectivity index is 2.17. The van der Waals surface area contributed by atoms with Crippen LogP contribution < -0.4 is 0 Å². The Hall–Kier alpha value is -1.38. The molecule has 0 aliphatic carbocycles. The zero-order valence-corrected chi connectivity index (χ0v) is 9.16. The molecule has 1 unspecified atom stereocenters. The van der Waals surface area contributed by atoms with Gasteiger partial charge in [0.1, 0.15) is 12.3 Å².